The number of esters is 1. The van der Waals surface area contributed by atoms with E-state index in [2.05, 4.69) is 21.3 Å². The number of alkyl halides is 1. The Balaban J connectivity index is 0.00000192. The standard InChI is InChI=1S/C51H67F2N9O9.C4H10N2O.C2H6.CH3F/c1-32(2)45(58-40(63)18-11-8-12-24-61-42(65)21-22-43(61)66)48(68)55-28-41(64)56-33(3)49(69)60-25-13-17-39(60)50(70)71-31-44(67)62(26-14-23-54)46(51(4,5)6)47-57-38(36-27-35(52)19-20-37(36)53)30-59(47)29-34-15-9-7-10-16-34;1-2-3-6-4(5)7;2*1-2/h7,9-10,15-16,19-22,27,30,32-33,39,45-46H,8,11-14,17-18,23-26,28-29,31,54H2,1-6H3,(H,55,68)(H,56,64)(H,58,63);2-3H2,1H3,(H3,5,6,7);1-2H3;1H3/t33-,39?,45?,46?;;;/m1.../s1. The van der Waals surface area contributed by atoms with E-state index in [-0.39, 0.29) is 80.5 Å². The molecule has 1 aromatic heterocycles. The molecule has 3 heterocycles. The second-order valence-corrected chi connectivity index (χ2v) is 20.6. The molecule has 24 heteroatoms. The summed E-state index contributed by atoms with van der Waals surface area (Å²) < 4.78 is 46.6. The lowest BCUT2D eigenvalue weighted by Crippen LogP contribution is -2.54. The maximum atomic E-state index is 15.2. The van der Waals surface area contributed by atoms with Gasteiger partial charge in [0.2, 0.25) is 23.6 Å². The normalized spacial score (nSPS) is 14.6. The number of nitrogens with one attached hydrogen (secondary N) is 4. The summed E-state index contributed by atoms with van der Waals surface area (Å²) in [6.45, 7) is 17.2. The van der Waals surface area contributed by atoms with E-state index in [4.69, 9.17) is 21.2 Å². The summed E-state index contributed by atoms with van der Waals surface area (Å²) in [6.07, 6.45) is 7.72. The van der Waals surface area contributed by atoms with E-state index in [0.29, 0.717) is 51.7 Å². The first-order chi connectivity index (χ1) is 39.0. The third-order valence-electron chi connectivity index (χ3n) is 12.8. The zero-order valence-corrected chi connectivity index (χ0v) is 49.2. The third-order valence-corrected chi connectivity index (χ3v) is 12.8. The fourth-order valence-corrected chi connectivity index (χ4v) is 8.91. The number of primary amides is 1. The van der Waals surface area contributed by atoms with Crippen LogP contribution in [0.1, 0.15) is 131 Å². The highest BCUT2D eigenvalue weighted by Gasteiger charge is 2.41. The smallest absolute Gasteiger partial charge is 0.329 e. The zero-order chi connectivity index (χ0) is 61.7. The maximum absolute atomic E-state index is 15.2. The van der Waals surface area contributed by atoms with Gasteiger partial charge >= 0.3 is 12.0 Å². The summed E-state index contributed by atoms with van der Waals surface area (Å²) >= 11 is 0. The minimum atomic E-state index is -1.11. The van der Waals surface area contributed by atoms with Crippen molar-refractivity contribution in [2.24, 2.45) is 22.8 Å². The van der Waals surface area contributed by atoms with E-state index in [9.17, 15) is 51.9 Å². The van der Waals surface area contributed by atoms with Gasteiger partial charge in [-0.05, 0) is 87.1 Å². The fraction of sp³-hybridized carbons (Fsp3) is 0.552. The molecule has 8 N–H and O–H groups in total. The highest BCUT2D eigenvalue weighted by Crippen LogP contribution is 2.40. The first-order valence-electron chi connectivity index (χ1n) is 27.8. The predicted molar refractivity (Wildman–Crippen MR) is 304 cm³/mol. The Bertz CT molecular complexity index is 2590. The Labute approximate surface area is 479 Å². The maximum Gasteiger partial charge on any atom is 0.329 e. The van der Waals surface area contributed by atoms with E-state index in [1.54, 1.807) is 24.6 Å². The van der Waals surface area contributed by atoms with Gasteiger partial charge in [0.25, 0.3) is 17.7 Å². The average molecular weight is 1150 g/mol. The van der Waals surface area contributed by atoms with Gasteiger partial charge in [0.1, 0.15) is 35.6 Å². The molecule has 5 rings (SSSR count). The van der Waals surface area contributed by atoms with Crippen molar-refractivity contribution >= 4 is 53.4 Å². The van der Waals surface area contributed by atoms with Crippen molar-refractivity contribution in [2.75, 3.05) is 53.1 Å². The Hall–Kier alpha value is -7.63. The van der Waals surface area contributed by atoms with Crippen molar-refractivity contribution in [3.63, 3.8) is 0 Å². The SMILES string of the molecule is CC.CC(C)C(NC(=O)CCCCCN1C(=O)C=CC1=O)C(=O)NCC(=O)N[C@H](C)C(=O)N1CCCC1C(=O)OCC(=O)N(CCCN)C(c1nc(-c2cc(F)ccc2F)cn1Cc1ccccc1)C(C)(C)C.CCCNC(N)=O.CF. The van der Waals surface area contributed by atoms with Crippen LogP contribution in [0.3, 0.4) is 0 Å². The zero-order valence-electron chi connectivity index (χ0n) is 49.2. The number of imidazole rings is 1. The number of amides is 9. The Morgan fingerprint density at radius 3 is 2.12 bits per heavy atom. The number of aromatic nitrogens is 2. The number of nitrogens with two attached hydrogens (primary N) is 2. The van der Waals surface area contributed by atoms with Crippen LogP contribution in [-0.2, 0) is 49.6 Å². The molecule has 2 aliphatic heterocycles. The minimum Gasteiger partial charge on any atom is -0.454 e. The number of imide groups is 1. The number of hydrogen-bond donors (Lipinski definition) is 6. The van der Waals surface area contributed by atoms with Gasteiger partial charge in [-0.15, -0.1) is 0 Å². The molecule has 2 aliphatic rings. The van der Waals surface area contributed by atoms with Gasteiger partial charge in [0.05, 0.1) is 25.5 Å². The van der Waals surface area contributed by atoms with Crippen molar-refractivity contribution in [3.8, 4) is 11.3 Å². The number of unbranched alkanes of at least 4 members (excludes halogenated alkanes) is 2. The molecule has 0 bridgehead atoms. The monoisotopic (exact) mass is 1150 g/mol. The summed E-state index contributed by atoms with van der Waals surface area (Å²) in [5, 5.41) is 10.2. The lowest BCUT2D eigenvalue weighted by Gasteiger charge is -2.40. The van der Waals surface area contributed by atoms with Crippen LogP contribution in [0.15, 0.2) is 66.9 Å². The molecule has 0 aliphatic carbocycles. The molecule has 82 heavy (non-hydrogen) atoms. The molecular weight excluding hydrogens is 1070 g/mol. The number of halogens is 3. The first kappa shape index (κ1) is 70.5. The molecule has 0 radical (unpaired) electrons. The van der Waals surface area contributed by atoms with E-state index >= 15 is 4.39 Å². The highest BCUT2D eigenvalue weighted by molar-refractivity contribution is 6.12. The quantitative estimate of drug-likeness (QED) is 0.0326. The highest BCUT2D eigenvalue weighted by atomic mass is 19.1. The number of nitrogens with zero attached hydrogens (tertiary/aromatic N) is 5. The second-order valence-electron chi connectivity index (χ2n) is 20.6. The van der Waals surface area contributed by atoms with Crippen LogP contribution in [0, 0.1) is 23.0 Å². The van der Waals surface area contributed by atoms with E-state index < -0.39 is 90.0 Å². The van der Waals surface area contributed by atoms with Gasteiger partial charge in [-0.2, -0.15) is 0 Å². The molecule has 0 saturated carbocycles. The Kier molecular flexibility index (Phi) is 30.9. The average Bonchev–Trinajstić information content (AvgIpc) is 4.33. The molecule has 4 atom stereocenters. The number of rotatable bonds is 26. The third kappa shape index (κ3) is 22.4. The van der Waals surface area contributed by atoms with Crippen molar-refractivity contribution in [1.82, 2.24) is 45.5 Å². The van der Waals surface area contributed by atoms with E-state index in [0.717, 1.165) is 35.1 Å². The molecule has 9 amide bonds. The van der Waals surface area contributed by atoms with Gasteiger partial charge in [-0.3, -0.25) is 42.9 Å². The van der Waals surface area contributed by atoms with Gasteiger partial charge in [-0.1, -0.05) is 92.1 Å². The number of carbonyl (C=O) groups excluding carboxylic acids is 9. The van der Waals surface area contributed by atoms with Crippen LogP contribution in [0.4, 0.5) is 18.0 Å². The molecule has 3 unspecified atom stereocenters. The summed E-state index contributed by atoms with van der Waals surface area (Å²) in [5.74, 6) is -5.63. The molecule has 21 nitrogen and oxygen atoms in total. The van der Waals surface area contributed by atoms with Crippen LogP contribution in [0.2, 0.25) is 0 Å². The van der Waals surface area contributed by atoms with Crippen LogP contribution < -0.4 is 32.7 Å². The molecular formula is C58H86F3N11O10. The van der Waals surface area contributed by atoms with Crippen molar-refractivity contribution in [3.05, 3.63) is 89.9 Å². The number of likely N-dealkylation sites (tertiary alicyclic amines) is 1. The Morgan fingerprint density at radius 1 is 0.878 bits per heavy atom. The van der Waals surface area contributed by atoms with Gasteiger partial charge in [0, 0.05) is 63.1 Å². The first-order valence-corrected chi connectivity index (χ1v) is 27.8. The summed E-state index contributed by atoms with van der Waals surface area (Å²) in [4.78, 5) is 123. The number of hydrogen-bond acceptors (Lipinski definition) is 12. The lowest BCUT2D eigenvalue weighted by molar-refractivity contribution is -0.160. The van der Waals surface area contributed by atoms with E-state index in [1.807, 2.05) is 71.9 Å². The molecule has 3 aromatic rings. The molecule has 0 spiro atoms. The topological polar surface area (TPSA) is 291 Å². The van der Waals surface area contributed by atoms with Crippen molar-refractivity contribution < 1.29 is 61.1 Å². The van der Waals surface area contributed by atoms with Gasteiger partial charge in [0.15, 0.2) is 6.61 Å². The molecule has 1 saturated heterocycles. The number of ether oxygens (including phenoxy) is 1. The number of urea groups is 1. The van der Waals surface area contributed by atoms with Gasteiger partial charge < -0.3 is 51.8 Å². The molecule has 2 aromatic carbocycles. The second kappa shape index (κ2) is 36.0. The van der Waals surface area contributed by atoms with Crippen LogP contribution in [-0.4, -0.2) is 149 Å². The van der Waals surface area contributed by atoms with Crippen LogP contribution in [0.5, 0.6) is 0 Å². The minimum absolute atomic E-state index is 0.0534. The predicted octanol–water partition coefficient (Wildman–Crippen LogP) is 5.60. The number of carbonyl (C=O) groups is 9. The summed E-state index contributed by atoms with van der Waals surface area (Å²) in [5.41, 5.74) is 11.0. The largest absolute Gasteiger partial charge is 0.454 e. The van der Waals surface area contributed by atoms with Crippen LogP contribution >= 0.6 is 0 Å². The van der Waals surface area contributed by atoms with Crippen LogP contribution in [0.25, 0.3) is 11.3 Å². The summed E-state index contributed by atoms with van der Waals surface area (Å²) in [7, 11) is 0.500. The number of benzene rings is 2. The fourth-order valence-electron chi connectivity index (χ4n) is 8.91. The molecule has 454 valence electrons. The van der Waals surface area contributed by atoms with Crippen molar-refractivity contribution in [2.45, 2.75) is 144 Å². The lowest BCUT2D eigenvalue weighted by atomic mass is 9.84. The van der Waals surface area contributed by atoms with E-state index in [1.165, 1.54) is 28.9 Å². The molecule has 1 fully saturated rings. The Morgan fingerprint density at radius 2 is 1.54 bits per heavy atom. The summed E-state index contributed by atoms with van der Waals surface area (Å²) in [6, 6.07) is 8.21. The van der Waals surface area contributed by atoms with Gasteiger partial charge in [-0.25, -0.2) is 23.4 Å². The van der Waals surface area contributed by atoms with Crippen molar-refractivity contribution in [1.29, 1.82) is 0 Å².